The van der Waals surface area contributed by atoms with Crippen molar-refractivity contribution in [3.05, 3.63) is 48.4 Å². The summed E-state index contributed by atoms with van der Waals surface area (Å²) in [6.45, 7) is 3.43. The molecular formula is C19H22N2O4. The summed E-state index contributed by atoms with van der Waals surface area (Å²) in [5, 5.41) is 2.88. The van der Waals surface area contributed by atoms with Gasteiger partial charge >= 0.3 is 0 Å². The molecule has 132 valence electrons. The number of carbonyl (C=O) groups excluding carboxylic acids is 2. The lowest BCUT2D eigenvalue weighted by atomic mass is 10.1. The number of carbonyl (C=O) groups is 2. The molecule has 2 amide bonds. The highest BCUT2D eigenvalue weighted by molar-refractivity contribution is 6.00. The predicted octanol–water partition coefficient (Wildman–Crippen LogP) is 2.39. The van der Waals surface area contributed by atoms with Gasteiger partial charge in [0.2, 0.25) is 11.8 Å². The molecule has 0 aliphatic carbocycles. The molecule has 1 aromatic carbocycles. The largest absolute Gasteiger partial charge is 0.494 e. The van der Waals surface area contributed by atoms with E-state index in [4.69, 9.17) is 9.15 Å². The number of anilines is 1. The summed E-state index contributed by atoms with van der Waals surface area (Å²) >= 11 is 0. The summed E-state index contributed by atoms with van der Waals surface area (Å²) < 4.78 is 10.6. The first-order valence-electron chi connectivity index (χ1n) is 8.50. The normalized spacial score (nSPS) is 16.9. The lowest BCUT2D eigenvalue weighted by Gasteiger charge is -2.17. The van der Waals surface area contributed by atoms with Crippen LogP contribution in [0.4, 0.5) is 5.69 Å². The van der Waals surface area contributed by atoms with E-state index in [-0.39, 0.29) is 24.2 Å². The fourth-order valence-electron chi connectivity index (χ4n) is 2.93. The fourth-order valence-corrected chi connectivity index (χ4v) is 2.93. The molecule has 1 aromatic heterocycles. The zero-order chi connectivity index (χ0) is 17.6. The van der Waals surface area contributed by atoms with Crippen LogP contribution in [0.25, 0.3) is 0 Å². The highest BCUT2D eigenvalue weighted by Crippen LogP contribution is 2.27. The Hall–Kier alpha value is -2.76. The lowest BCUT2D eigenvalue weighted by molar-refractivity contribution is -0.126. The molecule has 1 N–H and O–H groups in total. The smallest absolute Gasteiger partial charge is 0.227 e. The van der Waals surface area contributed by atoms with Crippen molar-refractivity contribution in [1.29, 1.82) is 0 Å². The van der Waals surface area contributed by atoms with Gasteiger partial charge in [-0.05, 0) is 43.3 Å². The van der Waals surface area contributed by atoms with E-state index in [0.29, 0.717) is 26.1 Å². The van der Waals surface area contributed by atoms with Crippen molar-refractivity contribution in [3.63, 3.8) is 0 Å². The van der Waals surface area contributed by atoms with Crippen LogP contribution in [0.5, 0.6) is 5.75 Å². The van der Waals surface area contributed by atoms with E-state index in [1.165, 1.54) is 0 Å². The molecule has 0 saturated carbocycles. The van der Waals surface area contributed by atoms with Crippen molar-refractivity contribution < 1.29 is 18.7 Å². The zero-order valence-corrected chi connectivity index (χ0v) is 14.2. The minimum absolute atomic E-state index is 0.0321. The number of nitrogens with one attached hydrogen (secondary N) is 1. The van der Waals surface area contributed by atoms with Crippen molar-refractivity contribution in [1.82, 2.24) is 5.32 Å². The van der Waals surface area contributed by atoms with Gasteiger partial charge in [-0.1, -0.05) is 0 Å². The number of hydrogen-bond donors (Lipinski definition) is 1. The van der Waals surface area contributed by atoms with Crippen LogP contribution in [0.2, 0.25) is 0 Å². The first kappa shape index (κ1) is 17.1. The van der Waals surface area contributed by atoms with Crippen LogP contribution in [0, 0.1) is 5.92 Å². The minimum Gasteiger partial charge on any atom is -0.494 e. The van der Waals surface area contributed by atoms with Gasteiger partial charge in [0.25, 0.3) is 0 Å². The van der Waals surface area contributed by atoms with Gasteiger partial charge in [-0.15, -0.1) is 0 Å². The quantitative estimate of drug-likeness (QED) is 0.839. The van der Waals surface area contributed by atoms with Gasteiger partial charge in [-0.2, -0.15) is 0 Å². The van der Waals surface area contributed by atoms with E-state index in [9.17, 15) is 9.59 Å². The van der Waals surface area contributed by atoms with Crippen LogP contribution in [0.1, 0.15) is 19.1 Å². The maximum absolute atomic E-state index is 12.3. The molecular weight excluding hydrogens is 320 g/mol. The number of nitrogens with zero attached hydrogens (tertiary/aromatic N) is 1. The molecule has 2 aromatic rings. The Kier molecular flexibility index (Phi) is 5.38. The molecule has 0 bridgehead atoms. The number of rotatable bonds is 7. The van der Waals surface area contributed by atoms with Crippen molar-refractivity contribution >= 4 is 17.5 Å². The van der Waals surface area contributed by atoms with Crippen LogP contribution in [-0.4, -0.2) is 31.5 Å². The summed E-state index contributed by atoms with van der Waals surface area (Å²) in [4.78, 5) is 26.2. The molecule has 1 aliphatic rings. The van der Waals surface area contributed by atoms with Gasteiger partial charge in [0.1, 0.15) is 11.5 Å². The highest BCUT2D eigenvalue weighted by atomic mass is 16.5. The van der Waals surface area contributed by atoms with E-state index in [2.05, 4.69) is 5.32 Å². The molecule has 3 rings (SSSR count). The maximum atomic E-state index is 12.3. The molecule has 1 atom stereocenters. The first-order valence-corrected chi connectivity index (χ1v) is 8.50. The molecule has 1 unspecified atom stereocenters. The van der Waals surface area contributed by atoms with E-state index in [1.807, 2.05) is 43.3 Å². The monoisotopic (exact) mass is 342 g/mol. The molecule has 0 radical (unpaired) electrons. The molecule has 1 aliphatic heterocycles. The third kappa shape index (κ3) is 4.21. The zero-order valence-electron chi connectivity index (χ0n) is 14.2. The summed E-state index contributed by atoms with van der Waals surface area (Å²) in [5.74, 6) is 1.16. The number of hydrogen-bond acceptors (Lipinski definition) is 4. The Morgan fingerprint density at radius 2 is 2.12 bits per heavy atom. The van der Waals surface area contributed by atoms with E-state index >= 15 is 0 Å². The van der Waals surface area contributed by atoms with E-state index in [0.717, 1.165) is 17.2 Å². The highest BCUT2D eigenvalue weighted by Gasteiger charge is 2.34. The summed E-state index contributed by atoms with van der Waals surface area (Å²) in [6.07, 6.45) is 2.49. The maximum Gasteiger partial charge on any atom is 0.227 e. The second-order valence-electron chi connectivity index (χ2n) is 5.95. The number of benzene rings is 1. The number of ether oxygens (including phenoxy) is 1. The summed E-state index contributed by atoms with van der Waals surface area (Å²) in [5.41, 5.74) is 0.791. The Morgan fingerprint density at radius 3 is 2.80 bits per heavy atom. The molecule has 2 heterocycles. The Bertz CT molecular complexity index is 710. The number of amides is 2. The van der Waals surface area contributed by atoms with Crippen molar-refractivity contribution in [2.75, 3.05) is 24.6 Å². The van der Waals surface area contributed by atoms with Gasteiger partial charge in [-0.3, -0.25) is 9.59 Å². The summed E-state index contributed by atoms with van der Waals surface area (Å²) in [6, 6.07) is 11.1. The molecule has 6 heteroatoms. The molecule has 0 spiro atoms. The molecule has 6 nitrogen and oxygen atoms in total. The van der Waals surface area contributed by atoms with Crippen LogP contribution in [0.15, 0.2) is 47.1 Å². The van der Waals surface area contributed by atoms with Crippen LogP contribution in [0.3, 0.4) is 0 Å². The molecule has 1 fully saturated rings. The first-order chi connectivity index (χ1) is 12.2. The second-order valence-corrected chi connectivity index (χ2v) is 5.95. The molecule has 25 heavy (non-hydrogen) atoms. The summed E-state index contributed by atoms with van der Waals surface area (Å²) in [7, 11) is 0. The minimum atomic E-state index is -0.323. The second kappa shape index (κ2) is 7.88. The van der Waals surface area contributed by atoms with Crippen molar-refractivity contribution in [2.24, 2.45) is 5.92 Å². The van der Waals surface area contributed by atoms with Gasteiger partial charge in [0.15, 0.2) is 0 Å². The van der Waals surface area contributed by atoms with E-state index < -0.39 is 0 Å². The van der Waals surface area contributed by atoms with Crippen LogP contribution in [-0.2, 0) is 16.0 Å². The Balaban J connectivity index is 1.53. The lowest BCUT2D eigenvalue weighted by Crippen LogP contribution is -2.34. The molecule has 1 saturated heterocycles. The Labute approximate surface area is 146 Å². The average Bonchev–Trinajstić information content (AvgIpc) is 3.26. The van der Waals surface area contributed by atoms with Crippen molar-refractivity contribution in [2.45, 2.75) is 19.8 Å². The van der Waals surface area contributed by atoms with Crippen LogP contribution < -0.4 is 15.0 Å². The van der Waals surface area contributed by atoms with E-state index in [1.54, 1.807) is 11.2 Å². The standard InChI is InChI=1S/C19H22N2O4/c1-2-24-17-7-5-15(6-8-17)21-13-14(12-18(21)22)19(23)20-10-9-16-4-3-11-25-16/h3-8,11,14H,2,9-10,12-13H2,1H3,(H,20,23). The topological polar surface area (TPSA) is 71.8 Å². The third-order valence-electron chi connectivity index (χ3n) is 4.21. The van der Waals surface area contributed by atoms with Crippen molar-refractivity contribution in [3.8, 4) is 5.75 Å². The predicted molar refractivity (Wildman–Crippen MR) is 93.5 cm³/mol. The van der Waals surface area contributed by atoms with Gasteiger partial charge in [-0.25, -0.2) is 0 Å². The average molecular weight is 342 g/mol. The van der Waals surface area contributed by atoms with Crippen LogP contribution >= 0.6 is 0 Å². The third-order valence-corrected chi connectivity index (χ3v) is 4.21. The number of furan rings is 1. The SMILES string of the molecule is CCOc1ccc(N2CC(C(=O)NCCc3ccco3)CC2=O)cc1. The van der Waals surface area contributed by atoms with Gasteiger partial charge < -0.3 is 19.4 Å². The van der Waals surface area contributed by atoms with Gasteiger partial charge in [0, 0.05) is 31.6 Å². The Morgan fingerprint density at radius 1 is 1.32 bits per heavy atom. The van der Waals surface area contributed by atoms with Gasteiger partial charge in [0.05, 0.1) is 18.8 Å². The fraction of sp³-hybridized carbons (Fsp3) is 0.368.